The van der Waals surface area contributed by atoms with Crippen molar-refractivity contribution >= 4 is 28.1 Å². The number of aliphatic carboxylic acids is 1. The first-order valence-electron chi connectivity index (χ1n) is 4.83. The lowest BCUT2D eigenvalue weighted by Crippen LogP contribution is -2.25. The lowest BCUT2D eigenvalue weighted by molar-refractivity contribution is -0.136. The molecule has 0 aromatic carbocycles. The molecule has 5 heteroatoms. The second-order valence-corrected chi connectivity index (χ2v) is 6.01. The van der Waals surface area contributed by atoms with Gasteiger partial charge in [-0.2, -0.15) is 0 Å². The van der Waals surface area contributed by atoms with E-state index in [2.05, 4.69) is 0 Å². The van der Waals surface area contributed by atoms with Crippen molar-refractivity contribution in [3.63, 3.8) is 0 Å². The molecule has 1 aromatic heterocycles. The number of hydrogen-bond donors (Lipinski definition) is 1. The molecule has 0 aliphatic heterocycles. The molecule has 84 valence electrons. The van der Waals surface area contributed by atoms with Gasteiger partial charge in [-0.15, -0.1) is 11.3 Å². The quantitative estimate of drug-likeness (QED) is 0.839. The highest BCUT2D eigenvalue weighted by molar-refractivity contribution is 7.88. The summed E-state index contributed by atoms with van der Waals surface area (Å²) >= 11 is 1.35. The molecule has 15 heavy (non-hydrogen) atoms. The van der Waals surface area contributed by atoms with Crippen molar-refractivity contribution in [3.05, 3.63) is 17.5 Å². The predicted molar refractivity (Wildman–Crippen MR) is 61.7 cm³/mol. The van der Waals surface area contributed by atoms with Crippen molar-refractivity contribution in [3.8, 4) is 0 Å². The van der Waals surface area contributed by atoms with Crippen molar-refractivity contribution in [2.24, 2.45) is 0 Å². The molecule has 0 aliphatic carbocycles. The van der Waals surface area contributed by atoms with Crippen molar-refractivity contribution in [1.29, 1.82) is 0 Å². The molecule has 1 aromatic rings. The largest absolute Gasteiger partial charge is 0.480 e. The van der Waals surface area contributed by atoms with Gasteiger partial charge in [-0.1, -0.05) is 25.8 Å². The standard InChI is InChI=1S/C10H14O3S2/c1-2-3-5-8(10(11)12)15(13)9-6-4-7-14-9/h4,6-8H,2-3,5H2,1H3,(H,11,12). The van der Waals surface area contributed by atoms with Crippen molar-refractivity contribution in [1.82, 2.24) is 0 Å². The Morgan fingerprint density at radius 2 is 2.40 bits per heavy atom. The van der Waals surface area contributed by atoms with Gasteiger partial charge < -0.3 is 5.11 Å². The minimum absolute atomic E-state index is 0.482. The van der Waals surface area contributed by atoms with Crippen molar-refractivity contribution < 1.29 is 14.1 Å². The van der Waals surface area contributed by atoms with Gasteiger partial charge in [0, 0.05) is 0 Å². The van der Waals surface area contributed by atoms with Gasteiger partial charge >= 0.3 is 5.97 Å². The lowest BCUT2D eigenvalue weighted by atomic mass is 10.2. The summed E-state index contributed by atoms with van der Waals surface area (Å²) in [6.45, 7) is 1.99. The van der Waals surface area contributed by atoms with Gasteiger partial charge in [-0.25, -0.2) is 0 Å². The number of unbranched alkanes of at least 4 members (excludes halogenated alkanes) is 1. The van der Waals surface area contributed by atoms with Crippen molar-refractivity contribution in [2.45, 2.75) is 35.6 Å². The van der Waals surface area contributed by atoms with Crippen LogP contribution in [0, 0.1) is 0 Å². The maximum absolute atomic E-state index is 11.9. The number of thiophene rings is 1. The van der Waals surface area contributed by atoms with E-state index < -0.39 is 22.0 Å². The Hall–Kier alpha value is -0.680. The van der Waals surface area contributed by atoms with E-state index in [4.69, 9.17) is 5.11 Å². The fourth-order valence-electron chi connectivity index (χ4n) is 1.23. The fraction of sp³-hybridized carbons (Fsp3) is 0.500. The number of carbonyl (C=O) groups is 1. The van der Waals surface area contributed by atoms with E-state index in [0.29, 0.717) is 10.6 Å². The monoisotopic (exact) mass is 246 g/mol. The third-order valence-electron chi connectivity index (χ3n) is 2.05. The molecule has 0 spiro atoms. The normalized spacial score (nSPS) is 14.7. The second-order valence-electron chi connectivity index (χ2n) is 3.20. The topological polar surface area (TPSA) is 54.4 Å². The maximum atomic E-state index is 11.9. The van der Waals surface area contributed by atoms with Gasteiger partial charge in [-0.3, -0.25) is 9.00 Å². The number of hydrogen-bond acceptors (Lipinski definition) is 3. The molecule has 2 atom stereocenters. The Labute approximate surface area is 95.6 Å². The predicted octanol–water partition coefficient (Wildman–Crippen LogP) is 2.50. The van der Waals surface area contributed by atoms with Gasteiger partial charge in [0.1, 0.15) is 5.25 Å². The number of carboxylic acids is 1. The highest BCUT2D eigenvalue weighted by Gasteiger charge is 2.25. The van der Waals surface area contributed by atoms with Gasteiger partial charge in [-0.05, 0) is 17.9 Å². The van der Waals surface area contributed by atoms with Crippen LogP contribution in [-0.2, 0) is 15.6 Å². The van der Waals surface area contributed by atoms with Crippen LogP contribution in [0.15, 0.2) is 21.7 Å². The summed E-state index contributed by atoms with van der Waals surface area (Å²) in [5.74, 6) is -0.963. The zero-order valence-corrected chi connectivity index (χ0v) is 10.1. The molecule has 0 amide bonds. The molecule has 1 N–H and O–H groups in total. The van der Waals surface area contributed by atoms with E-state index in [1.165, 1.54) is 11.3 Å². The van der Waals surface area contributed by atoms with Crippen LogP contribution in [0.25, 0.3) is 0 Å². The third kappa shape index (κ3) is 3.43. The fourth-order valence-corrected chi connectivity index (χ4v) is 3.63. The SMILES string of the molecule is CCCCC(C(=O)O)S(=O)c1cccs1. The number of carboxylic acid groups (broad SMARTS) is 1. The zero-order chi connectivity index (χ0) is 11.3. The highest BCUT2D eigenvalue weighted by Crippen LogP contribution is 2.20. The Balaban J connectivity index is 2.72. The Morgan fingerprint density at radius 3 is 2.87 bits per heavy atom. The zero-order valence-electron chi connectivity index (χ0n) is 8.51. The Morgan fingerprint density at radius 1 is 1.67 bits per heavy atom. The van der Waals surface area contributed by atoms with E-state index in [1.54, 1.807) is 12.1 Å². The van der Waals surface area contributed by atoms with Gasteiger partial charge in [0.15, 0.2) is 0 Å². The first-order valence-corrected chi connectivity index (χ1v) is 6.93. The molecule has 1 heterocycles. The maximum Gasteiger partial charge on any atom is 0.319 e. The number of rotatable bonds is 6. The van der Waals surface area contributed by atoms with Crippen LogP contribution in [-0.4, -0.2) is 20.5 Å². The minimum Gasteiger partial charge on any atom is -0.480 e. The highest BCUT2D eigenvalue weighted by atomic mass is 32.2. The molecular weight excluding hydrogens is 232 g/mol. The summed E-state index contributed by atoms with van der Waals surface area (Å²) in [5.41, 5.74) is 0. The average Bonchev–Trinajstić information content (AvgIpc) is 2.70. The first-order chi connectivity index (χ1) is 7.16. The van der Waals surface area contributed by atoms with Crippen LogP contribution in [0.5, 0.6) is 0 Å². The smallest absolute Gasteiger partial charge is 0.319 e. The van der Waals surface area contributed by atoms with E-state index in [-0.39, 0.29) is 0 Å². The minimum atomic E-state index is -1.40. The molecule has 0 aliphatic rings. The van der Waals surface area contributed by atoms with E-state index >= 15 is 0 Å². The third-order valence-corrected chi connectivity index (χ3v) is 4.98. The Kier molecular flexibility index (Phi) is 4.98. The van der Waals surface area contributed by atoms with Crippen LogP contribution < -0.4 is 0 Å². The summed E-state index contributed by atoms with van der Waals surface area (Å²) in [5, 5.41) is 10.0. The van der Waals surface area contributed by atoms with E-state index in [9.17, 15) is 9.00 Å². The lowest BCUT2D eigenvalue weighted by Gasteiger charge is -2.09. The summed E-state index contributed by atoms with van der Waals surface area (Å²) in [6, 6.07) is 3.51. The van der Waals surface area contributed by atoms with E-state index in [0.717, 1.165) is 12.8 Å². The van der Waals surface area contributed by atoms with Crippen LogP contribution >= 0.6 is 11.3 Å². The molecule has 0 fully saturated rings. The van der Waals surface area contributed by atoms with Crippen molar-refractivity contribution in [2.75, 3.05) is 0 Å². The second kappa shape index (κ2) is 6.02. The van der Waals surface area contributed by atoms with Gasteiger partial charge in [0.2, 0.25) is 0 Å². The van der Waals surface area contributed by atoms with Crippen LogP contribution in [0.4, 0.5) is 0 Å². The summed E-state index contributed by atoms with van der Waals surface area (Å²) in [6.07, 6.45) is 2.20. The molecule has 0 saturated carbocycles. The Bertz CT molecular complexity index is 332. The van der Waals surface area contributed by atoms with Gasteiger partial charge in [0.25, 0.3) is 0 Å². The van der Waals surface area contributed by atoms with Crippen LogP contribution in [0.3, 0.4) is 0 Å². The van der Waals surface area contributed by atoms with Crippen LogP contribution in [0.1, 0.15) is 26.2 Å². The summed E-state index contributed by atoms with van der Waals surface area (Å²) < 4.78 is 12.5. The van der Waals surface area contributed by atoms with Crippen LogP contribution in [0.2, 0.25) is 0 Å². The summed E-state index contributed by atoms with van der Waals surface area (Å²) in [4.78, 5) is 11.0. The molecule has 0 saturated heterocycles. The molecule has 3 nitrogen and oxygen atoms in total. The molecule has 0 bridgehead atoms. The molecular formula is C10H14O3S2. The van der Waals surface area contributed by atoms with E-state index in [1.807, 2.05) is 12.3 Å². The first kappa shape index (κ1) is 12.4. The molecule has 0 radical (unpaired) electrons. The van der Waals surface area contributed by atoms with Gasteiger partial charge in [0.05, 0.1) is 15.0 Å². The summed E-state index contributed by atoms with van der Waals surface area (Å²) in [7, 11) is -1.40. The molecule has 1 rings (SSSR count). The molecule has 2 unspecified atom stereocenters. The average molecular weight is 246 g/mol.